The predicted molar refractivity (Wildman–Crippen MR) is 73.6 cm³/mol. The highest BCUT2D eigenvalue weighted by atomic mass is 127. The van der Waals surface area contributed by atoms with Crippen molar-refractivity contribution in [1.29, 1.82) is 0 Å². The standard InChI is InChI=1S/C12H18FIN2/c1-8(2)12(6-15)16-7-9-3-4-10(13)5-11(9)14/h3-5,8,12,16H,6-7,15H2,1-2H3. The molecule has 0 heterocycles. The van der Waals surface area contributed by atoms with E-state index < -0.39 is 0 Å². The topological polar surface area (TPSA) is 38.0 Å². The van der Waals surface area contributed by atoms with Crippen LogP contribution in [0.2, 0.25) is 0 Å². The summed E-state index contributed by atoms with van der Waals surface area (Å²) < 4.78 is 13.8. The lowest BCUT2D eigenvalue weighted by molar-refractivity contribution is 0.404. The summed E-state index contributed by atoms with van der Waals surface area (Å²) >= 11 is 2.15. The summed E-state index contributed by atoms with van der Waals surface area (Å²) in [5, 5.41) is 3.39. The van der Waals surface area contributed by atoms with Crippen LogP contribution in [0.1, 0.15) is 19.4 Å². The van der Waals surface area contributed by atoms with Gasteiger partial charge in [0, 0.05) is 22.7 Å². The fourth-order valence-electron chi connectivity index (χ4n) is 1.50. The smallest absolute Gasteiger partial charge is 0.124 e. The van der Waals surface area contributed by atoms with E-state index in [0.717, 1.165) is 15.7 Å². The molecule has 1 aromatic rings. The molecule has 0 fully saturated rings. The van der Waals surface area contributed by atoms with Crippen molar-refractivity contribution in [3.8, 4) is 0 Å². The normalized spacial score (nSPS) is 13.1. The number of nitrogens with one attached hydrogen (secondary N) is 1. The van der Waals surface area contributed by atoms with Crippen molar-refractivity contribution >= 4 is 22.6 Å². The number of halogens is 2. The second kappa shape index (κ2) is 6.51. The molecule has 1 aromatic carbocycles. The Hall–Kier alpha value is -0.200. The molecule has 16 heavy (non-hydrogen) atoms. The van der Waals surface area contributed by atoms with Crippen molar-refractivity contribution in [2.24, 2.45) is 11.7 Å². The maximum Gasteiger partial charge on any atom is 0.124 e. The molecule has 1 unspecified atom stereocenters. The van der Waals surface area contributed by atoms with Crippen molar-refractivity contribution in [1.82, 2.24) is 5.32 Å². The van der Waals surface area contributed by atoms with Gasteiger partial charge < -0.3 is 11.1 Å². The van der Waals surface area contributed by atoms with Crippen molar-refractivity contribution < 1.29 is 4.39 Å². The summed E-state index contributed by atoms with van der Waals surface area (Å²) in [4.78, 5) is 0. The first-order valence-corrected chi connectivity index (χ1v) is 6.50. The zero-order valence-electron chi connectivity index (χ0n) is 9.63. The third-order valence-corrected chi connectivity index (χ3v) is 3.63. The predicted octanol–water partition coefficient (Wildman–Crippen LogP) is 2.50. The van der Waals surface area contributed by atoms with Crippen molar-refractivity contribution in [3.63, 3.8) is 0 Å². The molecular formula is C12H18FIN2. The fraction of sp³-hybridized carbons (Fsp3) is 0.500. The molecule has 90 valence electrons. The molecule has 0 radical (unpaired) electrons. The van der Waals surface area contributed by atoms with Gasteiger partial charge in [0.25, 0.3) is 0 Å². The van der Waals surface area contributed by atoms with Gasteiger partial charge in [-0.2, -0.15) is 0 Å². The van der Waals surface area contributed by atoms with Gasteiger partial charge in [-0.3, -0.25) is 0 Å². The molecule has 0 aromatic heterocycles. The Morgan fingerprint density at radius 1 is 1.44 bits per heavy atom. The molecule has 0 aliphatic heterocycles. The fourth-order valence-corrected chi connectivity index (χ4v) is 2.17. The van der Waals surface area contributed by atoms with E-state index in [1.807, 2.05) is 6.07 Å². The number of benzene rings is 1. The van der Waals surface area contributed by atoms with Crippen LogP contribution in [0.5, 0.6) is 0 Å². The molecule has 3 N–H and O–H groups in total. The van der Waals surface area contributed by atoms with Crippen LogP contribution in [0.15, 0.2) is 18.2 Å². The van der Waals surface area contributed by atoms with Gasteiger partial charge in [-0.15, -0.1) is 0 Å². The number of nitrogens with two attached hydrogens (primary N) is 1. The number of hydrogen-bond acceptors (Lipinski definition) is 2. The van der Waals surface area contributed by atoms with E-state index in [1.165, 1.54) is 6.07 Å². The minimum atomic E-state index is -0.188. The van der Waals surface area contributed by atoms with Crippen LogP contribution in [0.25, 0.3) is 0 Å². The molecule has 0 saturated heterocycles. The van der Waals surface area contributed by atoms with Crippen molar-refractivity contribution in [2.45, 2.75) is 26.4 Å². The van der Waals surface area contributed by atoms with Gasteiger partial charge in [0.15, 0.2) is 0 Å². The highest BCUT2D eigenvalue weighted by molar-refractivity contribution is 14.1. The average molecular weight is 336 g/mol. The molecule has 0 bridgehead atoms. The first kappa shape index (κ1) is 13.9. The van der Waals surface area contributed by atoms with Crippen LogP contribution >= 0.6 is 22.6 Å². The van der Waals surface area contributed by atoms with E-state index >= 15 is 0 Å². The minimum Gasteiger partial charge on any atom is -0.329 e. The molecule has 0 aliphatic carbocycles. The van der Waals surface area contributed by atoms with E-state index in [4.69, 9.17) is 5.73 Å². The average Bonchev–Trinajstić information content (AvgIpc) is 2.21. The molecule has 1 rings (SSSR count). The van der Waals surface area contributed by atoms with Crippen LogP contribution in [0, 0.1) is 15.3 Å². The Morgan fingerprint density at radius 3 is 2.62 bits per heavy atom. The van der Waals surface area contributed by atoms with E-state index in [-0.39, 0.29) is 5.82 Å². The first-order valence-electron chi connectivity index (χ1n) is 5.42. The summed E-state index contributed by atoms with van der Waals surface area (Å²) in [5.74, 6) is 0.315. The first-order chi connectivity index (χ1) is 7.54. The molecule has 1 atom stereocenters. The third-order valence-electron chi connectivity index (χ3n) is 2.63. The number of hydrogen-bond donors (Lipinski definition) is 2. The van der Waals surface area contributed by atoms with Crippen LogP contribution in [-0.2, 0) is 6.54 Å². The largest absolute Gasteiger partial charge is 0.329 e. The second-order valence-corrected chi connectivity index (χ2v) is 5.37. The van der Waals surface area contributed by atoms with Crippen LogP contribution in [0.4, 0.5) is 4.39 Å². The van der Waals surface area contributed by atoms with Crippen LogP contribution in [0.3, 0.4) is 0 Å². The SMILES string of the molecule is CC(C)C(CN)NCc1ccc(F)cc1I. The van der Waals surface area contributed by atoms with E-state index in [1.54, 1.807) is 6.07 Å². The molecule has 0 amide bonds. The van der Waals surface area contributed by atoms with E-state index in [9.17, 15) is 4.39 Å². The summed E-state index contributed by atoms with van der Waals surface area (Å²) in [7, 11) is 0. The Labute approximate surface area is 110 Å². The van der Waals surface area contributed by atoms with Gasteiger partial charge in [0.2, 0.25) is 0 Å². The quantitative estimate of drug-likeness (QED) is 0.811. The van der Waals surface area contributed by atoms with Crippen molar-refractivity contribution in [2.75, 3.05) is 6.54 Å². The highest BCUT2D eigenvalue weighted by Crippen LogP contribution is 2.14. The Morgan fingerprint density at radius 2 is 2.12 bits per heavy atom. The monoisotopic (exact) mass is 336 g/mol. The molecule has 4 heteroatoms. The van der Waals surface area contributed by atoms with Gasteiger partial charge in [-0.25, -0.2) is 4.39 Å². The lowest BCUT2D eigenvalue weighted by Crippen LogP contribution is -2.39. The summed E-state index contributed by atoms with van der Waals surface area (Å²) in [5.41, 5.74) is 6.79. The van der Waals surface area contributed by atoms with E-state index in [2.05, 4.69) is 41.8 Å². The lowest BCUT2D eigenvalue weighted by Gasteiger charge is -2.20. The maximum absolute atomic E-state index is 12.9. The summed E-state index contributed by atoms with van der Waals surface area (Å²) in [6, 6.07) is 5.16. The Bertz CT molecular complexity index is 342. The van der Waals surface area contributed by atoms with Crippen molar-refractivity contribution in [3.05, 3.63) is 33.1 Å². The minimum absolute atomic E-state index is 0.188. The van der Waals surface area contributed by atoms with Gasteiger partial charge in [-0.1, -0.05) is 19.9 Å². The molecule has 0 spiro atoms. The maximum atomic E-state index is 12.9. The van der Waals surface area contributed by atoms with E-state index in [0.29, 0.717) is 18.5 Å². The third kappa shape index (κ3) is 3.99. The summed E-state index contributed by atoms with van der Waals surface area (Å²) in [6.07, 6.45) is 0. The Balaban J connectivity index is 2.60. The zero-order chi connectivity index (χ0) is 12.1. The van der Waals surface area contributed by atoms with Crippen LogP contribution < -0.4 is 11.1 Å². The molecular weight excluding hydrogens is 318 g/mol. The molecule has 0 saturated carbocycles. The zero-order valence-corrected chi connectivity index (χ0v) is 11.8. The van der Waals surface area contributed by atoms with Gasteiger partial charge in [-0.05, 0) is 46.2 Å². The number of rotatable bonds is 5. The van der Waals surface area contributed by atoms with Gasteiger partial charge >= 0.3 is 0 Å². The lowest BCUT2D eigenvalue weighted by atomic mass is 10.0. The molecule has 0 aliphatic rings. The molecule has 2 nitrogen and oxygen atoms in total. The van der Waals surface area contributed by atoms with Gasteiger partial charge in [0.1, 0.15) is 5.82 Å². The second-order valence-electron chi connectivity index (χ2n) is 4.20. The highest BCUT2D eigenvalue weighted by Gasteiger charge is 2.11. The summed E-state index contributed by atoms with van der Waals surface area (Å²) in [6.45, 7) is 5.63. The van der Waals surface area contributed by atoms with Crippen LogP contribution in [-0.4, -0.2) is 12.6 Å². The Kier molecular flexibility index (Phi) is 5.64. The van der Waals surface area contributed by atoms with Gasteiger partial charge in [0.05, 0.1) is 0 Å².